The highest BCUT2D eigenvalue weighted by Crippen LogP contribution is 2.30. The van der Waals surface area contributed by atoms with E-state index in [2.05, 4.69) is 10.3 Å². The minimum Gasteiger partial charge on any atom is -0.507 e. The van der Waals surface area contributed by atoms with E-state index >= 15 is 0 Å². The molecule has 10 heteroatoms. The van der Waals surface area contributed by atoms with E-state index in [1.807, 2.05) is 30.3 Å². The smallest absolute Gasteiger partial charge is 0.410 e. The molecule has 1 fully saturated rings. The quantitative estimate of drug-likeness (QED) is 0.510. The van der Waals surface area contributed by atoms with Crippen LogP contribution in [0.25, 0.3) is 11.3 Å². The number of hydrogen-bond donors (Lipinski definition) is 3. The van der Waals surface area contributed by atoms with E-state index in [4.69, 9.17) is 10.5 Å². The number of thiazole rings is 1. The standard InChI is InChI=1S/C23H22N4O5S/c24-20(29)16-9-8-15(11-19(16)28)17-13-33-22(25-17)26-21(30)18-7-4-10-27(18)23(31)32-12-14-5-2-1-3-6-14/h1-3,5-6,8-9,11,13,18,28H,4,7,10,12H2,(H2,24,29)(H,25,26,30)/t18-/m0/s1. The van der Waals surface area contributed by atoms with E-state index in [9.17, 15) is 19.5 Å². The number of nitrogens with two attached hydrogens (primary N) is 1. The summed E-state index contributed by atoms with van der Waals surface area (Å²) in [6.07, 6.45) is 0.710. The topological polar surface area (TPSA) is 135 Å². The molecule has 0 radical (unpaired) electrons. The highest BCUT2D eigenvalue weighted by molar-refractivity contribution is 7.14. The van der Waals surface area contributed by atoms with Crippen LogP contribution in [0.2, 0.25) is 0 Å². The van der Waals surface area contributed by atoms with Gasteiger partial charge >= 0.3 is 6.09 Å². The second-order valence-corrected chi connectivity index (χ2v) is 8.37. The van der Waals surface area contributed by atoms with Crippen LogP contribution in [0.4, 0.5) is 9.93 Å². The molecule has 3 amide bonds. The summed E-state index contributed by atoms with van der Waals surface area (Å²) >= 11 is 1.21. The number of hydrogen-bond acceptors (Lipinski definition) is 7. The molecule has 2 heterocycles. The molecule has 0 saturated carbocycles. The van der Waals surface area contributed by atoms with Crippen molar-refractivity contribution in [3.05, 3.63) is 65.0 Å². The number of rotatable bonds is 6. The lowest BCUT2D eigenvalue weighted by atomic mass is 10.1. The fourth-order valence-corrected chi connectivity index (χ4v) is 4.33. The number of nitrogens with one attached hydrogen (secondary N) is 1. The first kappa shape index (κ1) is 22.3. The van der Waals surface area contributed by atoms with Crippen molar-refractivity contribution in [2.45, 2.75) is 25.5 Å². The summed E-state index contributed by atoms with van der Waals surface area (Å²) in [5.41, 5.74) is 7.19. The molecule has 33 heavy (non-hydrogen) atoms. The molecule has 1 aliphatic rings. The first-order valence-electron chi connectivity index (χ1n) is 10.3. The maximum Gasteiger partial charge on any atom is 0.410 e. The second kappa shape index (κ2) is 9.70. The summed E-state index contributed by atoms with van der Waals surface area (Å²) in [6, 6.07) is 13.1. The van der Waals surface area contributed by atoms with Crippen LogP contribution in [-0.2, 0) is 16.1 Å². The Kier molecular flexibility index (Phi) is 6.55. The molecule has 3 aromatic rings. The van der Waals surface area contributed by atoms with Crippen LogP contribution < -0.4 is 11.1 Å². The van der Waals surface area contributed by atoms with Crippen molar-refractivity contribution in [1.82, 2.24) is 9.88 Å². The third-order valence-corrected chi connectivity index (χ3v) is 6.05. The number of primary amides is 1. The third kappa shape index (κ3) is 5.12. The van der Waals surface area contributed by atoms with Crippen molar-refractivity contribution in [2.24, 2.45) is 5.73 Å². The number of amides is 3. The number of benzene rings is 2. The number of aromatic nitrogens is 1. The van der Waals surface area contributed by atoms with Gasteiger partial charge in [0, 0.05) is 17.5 Å². The minimum atomic E-state index is -0.728. The van der Waals surface area contributed by atoms with E-state index < -0.39 is 18.0 Å². The summed E-state index contributed by atoms with van der Waals surface area (Å²) in [4.78, 5) is 42.5. The Labute approximate surface area is 193 Å². The Morgan fingerprint density at radius 2 is 2.00 bits per heavy atom. The van der Waals surface area contributed by atoms with Gasteiger partial charge in [0.15, 0.2) is 5.13 Å². The molecular weight excluding hydrogens is 444 g/mol. The summed E-state index contributed by atoms with van der Waals surface area (Å²) in [7, 11) is 0. The van der Waals surface area contributed by atoms with Gasteiger partial charge in [0.1, 0.15) is 18.4 Å². The second-order valence-electron chi connectivity index (χ2n) is 7.51. The molecule has 0 unspecified atom stereocenters. The van der Waals surface area contributed by atoms with Crippen LogP contribution in [0.15, 0.2) is 53.9 Å². The maximum atomic E-state index is 12.8. The van der Waals surface area contributed by atoms with Crippen molar-refractivity contribution < 1.29 is 24.2 Å². The summed E-state index contributed by atoms with van der Waals surface area (Å²) < 4.78 is 5.38. The van der Waals surface area contributed by atoms with Gasteiger partial charge in [-0.2, -0.15) is 0 Å². The SMILES string of the molecule is NC(=O)c1ccc(-c2csc(NC(=O)[C@@H]3CCCN3C(=O)OCc3ccccc3)n2)cc1O. The summed E-state index contributed by atoms with van der Waals surface area (Å²) in [5.74, 6) is -1.31. The fraction of sp³-hybridized carbons (Fsp3) is 0.217. The Balaban J connectivity index is 1.38. The van der Waals surface area contributed by atoms with Gasteiger partial charge in [0.2, 0.25) is 5.91 Å². The van der Waals surface area contributed by atoms with Crippen molar-refractivity contribution >= 4 is 34.4 Å². The van der Waals surface area contributed by atoms with Crippen molar-refractivity contribution in [2.75, 3.05) is 11.9 Å². The van der Waals surface area contributed by atoms with Gasteiger partial charge in [-0.15, -0.1) is 11.3 Å². The van der Waals surface area contributed by atoms with Gasteiger partial charge in [-0.05, 0) is 30.5 Å². The van der Waals surface area contributed by atoms with Gasteiger partial charge < -0.3 is 20.9 Å². The van der Waals surface area contributed by atoms with Gasteiger partial charge in [-0.3, -0.25) is 14.5 Å². The highest BCUT2D eigenvalue weighted by atomic mass is 32.1. The Morgan fingerprint density at radius 3 is 2.73 bits per heavy atom. The Morgan fingerprint density at radius 1 is 1.21 bits per heavy atom. The largest absolute Gasteiger partial charge is 0.507 e. The first-order chi connectivity index (χ1) is 15.9. The molecule has 4 N–H and O–H groups in total. The monoisotopic (exact) mass is 466 g/mol. The summed E-state index contributed by atoms with van der Waals surface area (Å²) in [5, 5.41) is 14.8. The molecule has 1 aliphatic heterocycles. The lowest BCUT2D eigenvalue weighted by Crippen LogP contribution is -2.43. The zero-order valence-corrected chi connectivity index (χ0v) is 18.4. The van der Waals surface area contributed by atoms with E-state index in [1.165, 1.54) is 28.4 Å². The molecule has 2 aromatic carbocycles. The zero-order valence-electron chi connectivity index (χ0n) is 17.6. The van der Waals surface area contributed by atoms with Gasteiger partial charge in [0.25, 0.3) is 5.91 Å². The molecule has 4 rings (SSSR count). The van der Waals surface area contributed by atoms with E-state index in [1.54, 1.807) is 11.4 Å². The van der Waals surface area contributed by atoms with Gasteiger partial charge in [-0.1, -0.05) is 36.4 Å². The fourth-order valence-electron chi connectivity index (χ4n) is 3.61. The van der Waals surface area contributed by atoms with Crippen LogP contribution in [0.5, 0.6) is 5.75 Å². The summed E-state index contributed by atoms with van der Waals surface area (Å²) in [6.45, 7) is 0.585. The number of likely N-dealkylation sites (tertiary alicyclic amines) is 1. The lowest BCUT2D eigenvalue weighted by molar-refractivity contribution is -0.120. The molecule has 0 aliphatic carbocycles. The Hall–Kier alpha value is -3.92. The minimum absolute atomic E-state index is 0.0166. The van der Waals surface area contributed by atoms with Crippen LogP contribution in [0.1, 0.15) is 28.8 Å². The molecule has 1 saturated heterocycles. The van der Waals surface area contributed by atoms with Crippen LogP contribution in [0, 0.1) is 0 Å². The molecular formula is C23H22N4O5S. The van der Waals surface area contributed by atoms with Crippen molar-refractivity contribution in [3.63, 3.8) is 0 Å². The Bertz CT molecular complexity index is 1180. The lowest BCUT2D eigenvalue weighted by Gasteiger charge is -2.22. The van der Waals surface area contributed by atoms with Gasteiger partial charge in [-0.25, -0.2) is 9.78 Å². The molecule has 0 bridgehead atoms. The molecule has 0 spiro atoms. The van der Waals surface area contributed by atoms with Crippen LogP contribution >= 0.6 is 11.3 Å². The number of ether oxygens (including phenoxy) is 1. The van der Waals surface area contributed by atoms with Crippen LogP contribution in [0.3, 0.4) is 0 Å². The number of phenols is 1. The zero-order chi connectivity index (χ0) is 23.4. The van der Waals surface area contributed by atoms with E-state index in [-0.39, 0.29) is 23.8 Å². The molecule has 1 aromatic heterocycles. The first-order valence-corrected chi connectivity index (χ1v) is 11.2. The molecule has 9 nitrogen and oxygen atoms in total. The maximum absolute atomic E-state index is 12.8. The molecule has 170 valence electrons. The van der Waals surface area contributed by atoms with E-state index in [0.717, 1.165) is 5.56 Å². The predicted molar refractivity (Wildman–Crippen MR) is 123 cm³/mol. The van der Waals surface area contributed by atoms with Gasteiger partial charge in [0.05, 0.1) is 11.3 Å². The molecule has 1 atom stereocenters. The van der Waals surface area contributed by atoms with Crippen LogP contribution in [-0.4, -0.2) is 45.5 Å². The van der Waals surface area contributed by atoms with E-state index in [0.29, 0.717) is 35.8 Å². The number of aromatic hydroxyl groups is 1. The number of carbonyl (C=O) groups excluding carboxylic acids is 3. The van der Waals surface area contributed by atoms with Crippen molar-refractivity contribution in [3.8, 4) is 17.0 Å². The predicted octanol–water partition coefficient (Wildman–Crippen LogP) is 3.35. The number of anilines is 1. The average Bonchev–Trinajstić information content (AvgIpc) is 3.48. The highest BCUT2D eigenvalue weighted by Gasteiger charge is 2.35. The van der Waals surface area contributed by atoms with Crippen molar-refractivity contribution in [1.29, 1.82) is 0 Å². The number of carbonyl (C=O) groups is 3. The number of nitrogens with zero attached hydrogens (tertiary/aromatic N) is 2. The third-order valence-electron chi connectivity index (χ3n) is 5.29. The average molecular weight is 467 g/mol. The normalized spacial score (nSPS) is 15.3.